The molecule has 0 radical (unpaired) electrons. The van der Waals surface area contributed by atoms with Crippen LogP contribution >= 0.6 is 11.8 Å². The van der Waals surface area contributed by atoms with Gasteiger partial charge in [-0.15, -0.1) is 0 Å². The molecule has 0 saturated heterocycles. The Kier molecular flexibility index (Phi) is 4.64. The molecule has 0 aromatic rings. The molecule has 0 bridgehead atoms. The van der Waals surface area contributed by atoms with Crippen molar-refractivity contribution >= 4 is 17.6 Å². The van der Waals surface area contributed by atoms with Gasteiger partial charge in [0.25, 0.3) is 0 Å². The van der Waals surface area contributed by atoms with Gasteiger partial charge in [0.2, 0.25) is 0 Å². The van der Waals surface area contributed by atoms with E-state index in [9.17, 15) is 0 Å². The molecule has 0 aliphatic heterocycles. The average molecular weight is 200 g/mol. The van der Waals surface area contributed by atoms with Crippen molar-refractivity contribution in [2.24, 2.45) is 11.7 Å². The fraction of sp³-hybridized carbons (Fsp3) is 0.900. The maximum absolute atomic E-state index is 7.28. The van der Waals surface area contributed by atoms with Crippen LogP contribution in [0.5, 0.6) is 0 Å². The van der Waals surface area contributed by atoms with Crippen molar-refractivity contribution in [3.8, 4) is 0 Å². The summed E-state index contributed by atoms with van der Waals surface area (Å²) in [6.45, 7) is 2.04. The van der Waals surface area contributed by atoms with Crippen LogP contribution in [0.4, 0.5) is 0 Å². The van der Waals surface area contributed by atoms with Gasteiger partial charge in [-0.3, -0.25) is 5.41 Å². The van der Waals surface area contributed by atoms with Crippen molar-refractivity contribution in [2.75, 3.05) is 5.75 Å². The monoisotopic (exact) mass is 200 g/mol. The normalized spacial score (nSPS) is 21.3. The van der Waals surface area contributed by atoms with Gasteiger partial charge in [0.05, 0.1) is 5.84 Å². The second kappa shape index (κ2) is 5.53. The molecule has 1 aliphatic rings. The topological polar surface area (TPSA) is 49.9 Å². The highest BCUT2D eigenvalue weighted by Crippen LogP contribution is 2.29. The second-order valence-electron chi connectivity index (χ2n) is 3.95. The zero-order valence-electron chi connectivity index (χ0n) is 8.38. The summed E-state index contributed by atoms with van der Waals surface area (Å²) in [5, 5.41) is 8.13. The number of thioether (sulfide) groups is 1. The summed E-state index contributed by atoms with van der Waals surface area (Å²) in [5.41, 5.74) is 5.42. The number of hydrogen-bond acceptors (Lipinski definition) is 2. The van der Waals surface area contributed by atoms with Crippen LogP contribution in [-0.2, 0) is 0 Å². The van der Waals surface area contributed by atoms with Crippen LogP contribution in [0, 0.1) is 11.3 Å². The minimum atomic E-state index is 0.256. The first-order chi connectivity index (χ1) is 6.20. The number of nitrogens with one attached hydrogen (secondary N) is 1. The minimum Gasteiger partial charge on any atom is -0.387 e. The van der Waals surface area contributed by atoms with Gasteiger partial charge in [-0.05, 0) is 12.8 Å². The van der Waals surface area contributed by atoms with Crippen LogP contribution in [0.3, 0.4) is 0 Å². The molecule has 1 rings (SSSR count). The second-order valence-corrected chi connectivity index (χ2v) is 5.28. The van der Waals surface area contributed by atoms with Gasteiger partial charge in [0.15, 0.2) is 0 Å². The Bertz CT molecular complexity index is 164. The predicted molar refractivity (Wildman–Crippen MR) is 60.4 cm³/mol. The first-order valence-corrected chi connectivity index (χ1v) is 6.20. The molecular formula is C10H20N2S. The van der Waals surface area contributed by atoms with E-state index in [1.807, 2.05) is 18.7 Å². The van der Waals surface area contributed by atoms with E-state index >= 15 is 0 Å². The lowest BCUT2D eigenvalue weighted by atomic mass is 10.0. The molecule has 76 valence electrons. The minimum absolute atomic E-state index is 0.256. The highest BCUT2D eigenvalue weighted by atomic mass is 32.2. The Morgan fingerprint density at radius 1 is 1.46 bits per heavy atom. The summed E-state index contributed by atoms with van der Waals surface area (Å²) < 4.78 is 0. The van der Waals surface area contributed by atoms with E-state index in [4.69, 9.17) is 11.1 Å². The predicted octanol–water partition coefficient (Wildman–Crippen LogP) is 2.62. The summed E-state index contributed by atoms with van der Waals surface area (Å²) in [6.07, 6.45) is 6.95. The molecule has 1 atom stereocenters. The molecule has 0 aromatic carbocycles. The Morgan fingerprint density at radius 3 is 2.62 bits per heavy atom. The summed E-state index contributed by atoms with van der Waals surface area (Å²) in [6, 6.07) is 0. The van der Waals surface area contributed by atoms with Crippen LogP contribution in [0.25, 0.3) is 0 Å². The summed E-state index contributed by atoms with van der Waals surface area (Å²) in [4.78, 5) is 0. The molecule has 1 unspecified atom stereocenters. The van der Waals surface area contributed by atoms with Crippen LogP contribution < -0.4 is 5.73 Å². The van der Waals surface area contributed by atoms with Gasteiger partial charge in [0, 0.05) is 16.9 Å². The van der Waals surface area contributed by atoms with Crippen LogP contribution in [0.15, 0.2) is 0 Å². The maximum Gasteiger partial charge on any atom is 0.0942 e. The molecule has 1 fully saturated rings. The average Bonchev–Trinajstić information content (AvgIpc) is 2.15. The molecule has 1 saturated carbocycles. The zero-order chi connectivity index (χ0) is 9.68. The van der Waals surface area contributed by atoms with E-state index in [2.05, 4.69) is 0 Å². The first kappa shape index (κ1) is 10.9. The van der Waals surface area contributed by atoms with Crippen molar-refractivity contribution < 1.29 is 0 Å². The lowest BCUT2D eigenvalue weighted by Crippen LogP contribution is -2.23. The molecule has 3 N–H and O–H groups in total. The molecule has 13 heavy (non-hydrogen) atoms. The van der Waals surface area contributed by atoms with E-state index < -0.39 is 0 Å². The lowest BCUT2D eigenvalue weighted by Gasteiger charge is -2.22. The fourth-order valence-corrected chi connectivity index (χ4v) is 3.01. The maximum atomic E-state index is 7.28. The van der Waals surface area contributed by atoms with Gasteiger partial charge < -0.3 is 5.73 Å². The van der Waals surface area contributed by atoms with Crippen molar-refractivity contribution in [3.05, 3.63) is 0 Å². The Labute approximate surface area is 85.2 Å². The zero-order valence-corrected chi connectivity index (χ0v) is 9.20. The van der Waals surface area contributed by atoms with Gasteiger partial charge in [-0.1, -0.05) is 26.2 Å². The number of rotatable bonds is 4. The third-order valence-electron chi connectivity index (χ3n) is 2.67. The lowest BCUT2D eigenvalue weighted by molar-refractivity contribution is 0.515. The molecule has 0 aromatic heterocycles. The van der Waals surface area contributed by atoms with Crippen molar-refractivity contribution in [1.29, 1.82) is 5.41 Å². The molecule has 0 amide bonds. The Hall–Kier alpha value is -0.180. The number of amidine groups is 1. The van der Waals surface area contributed by atoms with Crippen LogP contribution in [-0.4, -0.2) is 16.8 Å². The number of nitrogens with two attached hydrogens (primary N) is 1. The van der Waals surface area contributed by atoms with Crippen LogP contribution in [0.1, 0.15) is 39.0 Å². The van der Waals surface area contributed by atoms with Gasteiger partial charge >= 0.3 is 0 Å². The van der Waals surface area contributed by atoms with E-state index in [0.717, 1.165) is 11.0 Å². The van der Waals surface area contributed by atoms with Gasteiger partial charge in [-0.2, -0.15) is 11.8 Å². The summed E-state index contributed by atoms with van der Waals surface area (Å²) in [5.74, 6) is 1.62. The largest absolute Gasteiger partial charge is 0.387 e. The highest BCUT2D eigenvalue weighted by molar-refractivity contribution is 7.99. The van der Waals surface area contributed by atoms with Gasteiger partial charge in [0.1, 0.15) is 0 Å². The highest BCUT2D eigenvalue weighted by Gasteiger charge is 2.15. The number of hydrogen-bond donors (Lipinski definition) is 2. The van der Waals surface area contributed by atoms with Crippen molar-refractivity contribution in [3.63, 3.8) is 0 Å². The van der Waals surface area contributed by atoms with E-state index in [0.29, 0.717) is 5.84 Å². The van der Waals surface area contributed by atoms with E-state index in [1.165, 1.54) is 32.1 Å². The van der Waals surface area contributed by atoms with E-state index in [-0.39, 0.29) is 5.92 Å². The Balaban J connectivity index is 2.13. The van der Waals surface area contributed by atoms with Crippen molar-refractivity contribution in [1.82, 2.24) is 0 Å². The first-order valence-electron chi connectivity index (χ1n) is 5.15. The van der Waals surface area contributed by atoms with E-state index in [1.54, 1.807) is 0 Å². The fourth-order valence-electron chi connectivity index (χ4n) is 1.60. The standard InChI is InChI=1S/C10H20N2S/c1-8(10(11)12)7-13-9-5-3-2-4-6-9/h8-9H,2-7H2,1H3,(H3,11,12). The third kappa shape index (κ3) is 4.03. The molecule has 3 heteroatoms. The van der Waals surface area contributed by atoms with Crippen LogP contribution in [0.2, 0.25) is 0 Å². The molecule has 2 nitrogen and oxygen atoms in total. The third-order valence-corrected chi connectivity index (χ3v) is 4.30. The Morgan fingerprint density at radius 2 is 2.08 bits per heavy atom. The van der Waals surface area contributed by atoms with Gasteiger partial charge in [-0.25, -0.2) is 0 Å². The summed E-state index contributed by atoms with van der Waals surface area (Å²) in [7, 11) is 0. The quantitative estimate of drug-likeness (QED) is 0.541. The van der Waals surface area contributed by atoms with Crippen molar-refractivity contribution in [2.45, 2.75) is 44.3 Å². The molecular weight excluding hydrogens is 180 g/mol. The molecule has 1 aliphatic carbocycles. The summed E-state index contributed by atoms with van der Waals surface area (Å²) >= 11 is 2.01. The smallest absolute Gasteiger partial charge is 0.0942 e. The molecule has 0 spiro atoms. The SMILES string of the molecule is CC(CSC1CCCCC1)C(=N)N. The molecule has 0 heterocycles.